The first kappa shape index (κ1) is 13.0. The Morgan fingerprint density at radius 3 is 2.55 bits per heavy atom. The molecule has 4 aliphatic rings. The molecule has 0 radical (unpaired) electrons. The second kappa shape index (κ2) is 4.68. The first-order chi connectivity index (χ1) is 9.61. The van der Waals surface area contributed by atoms with Gasteiger partial charge >= 0.3 is 0 Å². The zero-order valence-corrected chi connectivity index (χ0v) is 11.8. The molecular weight excluding hydrogens is 256 g/mol. The summed E-state index contributed by atoms with van der Waals surface area (Å²) in [6.07, 6.45) is 3.36. The first-order valence-electron chi connectivity index (χ1n) is 8.01. The van der Waals surface area contributed by atoms with Crippen LogP contribution < -0.4 is 0 Å². The van der Waals surface area contributed by atoms with Gasteiger partial charge in [-0.25, -0.2) is 0 Å². The van der Waals surface area contributed by atoms with Gasteiger partial charge in [-0.05, 0) is 37.5 Å². The lowest BCUT2D eigenvalue weighted by atomic mass is 9.70. The Hall–Kier alpha value is -0.650. The molecule has 2 bridgehead atoms. The van der Waals surface area contributed by atoms with Gasteiger partial charge in [-0.15, -0.1) is 0 Å². The van der Waals surface area contributed by atoms with Crippen LogP contribution in [0.15, 0.2) is 0 Å². The van der Waals surface area contributed by atoms with E-state index in [1.165, 1.54) is 0 Å². The molecule has 5 nitrogen and oxygen atoms in total. The summed E-state index contributed by atoms with van der Waals surface area (Å²) in [5, 5.41) is 19.8. The Bertz CT molecular complexity index is 416. The highest BCUT2D eigenvalue weighted by Crippen LogP contribution is 2.43. The number of aliphatic hydroxyl groups is 2. The van der Waals surface area contributed by atoms with Crippen LogP contribution in [0.2, 0.25) is 0 Å². The number of nitrogens with zero attached hydrogens (tertiary/aromatic N) is 2. The van der Waals surface area contributed by atoms with E-state index in [1.54, 1.807) is 0 Å². The molecule has 0 aromatic carbocycles. The van der Waals surface area contributed by atoms with Gasteiger partial charge in [0.2, 0.25) is 5.91 Å². The molecule has 0 aromatic rings. The number of carbonyl (C=O) groups is 1. The lowest BCUT2D eigenvalue weighted by Gasteiger charge is -2.57. The monoisotopic (exact) mass is 280 g/mol. The lowest BCUT2D eigenvalue weighted by Crippen LogP contribution is -2.66. The Kier molecular flexibility index (Phi) is 3.05. The second-order valence-electron chi connectivity index (χ2n) is 7.20. The van der Waals surface area contributed by atoms with E-state index in [0.717, 1.165) is 45.3 Å². The van der Waals surface area contributed by atoms with Crippen LogP contribution in [0, 0.1) is 11.8 Å². The predicted octanol–water partition coefficient (Wildman–Crippen LogP) is -0.187. The average molecular weight is 280 g/mol. The first-order valence-corrected chi connectivity index (χ1v) is 8.01. The molecule has 4 fully saturated rings. The number of aliphatic hydroxyl groups excluding tert-OH is 2. The Morgan fingerprint density at radius 2 is 1.70 bits per heavy atom. The van der Waals surface area contributed by atoms with Crippen LogP contribution >= 0.6 is 0 Å². The van der Waals surface area contributed by atoms with Gasteiger partial charge in [-0.1, -0.05) is 0 Å². The summed E-state index contributed by atoms with van der Waals surface area (Å²) in [5.41, 5.74) is 0. The topological polar surface area (TPSA) is 64.0 Å². The third-order valence-electron chi connectivity index (χ3n) is 5.97. The van der Waals surface area contributed by atoms with Crippen molar-refractivity contribution in [2.75, 3.05) is 19.6 Å². The fourth-order valence-corrected chi connectivity index (χ4v) is 5.07. The third kappa shape index (κ3) is 1.98. The van der Waals surface area contributed by atoms with Crippen molar-refractivity contribution in [1.82, 2.24) is 9.80 Å². The fraction of sp³-hybridized carbons (Fsp3) is 0.933. The molecule has 5 heteroatoms. The third-order valence-corrected chi connectivity index (χ3v) is 5.97. The van der Waals surface area contributed by atoms with Gasteiger partial charge in [0.15, 0.2) is 0 Å². The van der Waals surface area contributed by atoms with E-state index in [-0.39, 0.29) is 18.1 Å². The minimum Gasteiger partial charge on any atom is -0.393 e. The molecule has 4 heterocycles. The smallest absolute Gasteiger partial charge is 0.225 e. The molecule has 4 saturated heterocycles. The van der Waals surface area contributed by atoms with E-state index in [4.69, 9.17) is 0 Å². The van der Waals surface area contributed by atoms with Crippen molar-refractivity contribution in [3.63, 3.8) is 0 Å². The Morgan fingerprint density at radius 1 is 0.950 bits per heavy atom. The van der Waals surface area contributed by atoms with Crippen molar-refractivity contribution in [1.29, 1.82) is 0 Å². The van der Waals surface area contributed by atoms with Crippen LogP contribution in [0.4, 0.5) is 0 Å². The molecular formula is C15H24N2O3. The maximum absolute atomic E-state index is 12.2. The second-order valence-corrected chi connectivity index (χ2v) is 7.20. The van der Waals surface area contributed by atoms with E-state index in [9.17, 15) is 15.0 Å². The molecule has 0 spiro atoms. The summed E-state index contributed by atoms with van der Waals surface area (Å²) in [7, 11) is 0. The molecule has 4 rings (SSSR count). The Labute approximate surface area is 119 Å². The maximum atomic E-state index is 12.2. The van der Waals surface area contributed by atoms with E-state index >= 15 is 0 Å². The van der Waals surface area contributed by atoms with E-state index in [2.05, 4.69) is 4.90 Å². The average Bonchev–Trinajstić information content (AvgIpc) is 2.41. The number of hydrogen-bond acceptors (Lipinski definition) is 4. The number of hydrogen-bond donors (Lipinski definition) is 2. The number of carbonyl (C=O) groups excluding carboxylic acids is 1. The van der Waals surface area contributed by atoms with Crippen LogP contribution in [-0.4, -0.2) is 69.8 Å². The quantitative estimate of drug-likeness (QED) is 0.646. The molecule has 0 aromatic heterocycles. The van der Waals surface area contributed by atoms with Crippen LogP contribution in [0.3, 0.4) is 0 Å². The molecule has 0 aliphatic carbocycles. The van der Waals surface area contributed by atoms with Crippen molar-refractivity contribution in [3.05, 3.63) is 0 Å². The van der Waals surface area contributed by atoms with Gasteiger partial charge in [0.1, 0.15) is 0 Å². The van der Waals surface area contributed by atoms with Gasteiger partial charge in [0.05, 0.1) is 18.6 Å². The minimum atomic E-state index is -0.443. The summed E-state index contributed by atoms with van der Waals surface area (Å²) in [4.78, 5) is 16.8. The van der Waals surface area contributed by atoms with Crippen LogP contribution in [0.5, 0.6) is 0 Å². The molecule has 20 heavy (non-hydrogen) atoms. The summed E-state index contributed by atoms with van der Waals surface area (Å²) >= 11 is 0. The van der Waals surface area contributed by atoms with Gasteiger partial charge < -0.3 is 15.1 Å². The van der Waals surface area contributed by atoms with Gasteiger partial charge in [0.25, 0.3) is 0 Å². The summed E-state index contributed by atoms with van der Waals surface area (Å²) in [5.74, 6) is 1.16. The van der Waals surface area contributed by atoms with E-state index in [1.807, 2.05) is 4.90 Å². The highest BCUT2D eigenvalue weighted by Gasteiger charge is 2.50. The van der Waals surface area contributed by atoms with Crippen molar-refractivity contribution in [2.24, 2.45) is 11.8 Å². The van der Waals surface area contributed by atoms with Crippen LogP contribution in [-0.2, 0) is 4.79 Å². The molecule has 0 saturated carbocycles. The predicted molar refractivity (Wildman–Crippen MR) is 72.9 cm³/mol. The maximum Gasteiger partial charge on any atom is 0.225 e. The number of piperidine rings is 4. The van der Waals surface area contributed by atoms with Crippen molar-refractivity contribution < 1.29 is 15.0 Å². The van der Waals surface area contributed by atoms with Crippen molar-refractivity contribution in [3.8, 4) is 0 Å². The van der Waals surface area contributed by atoms with Gasteiger partial charge in [0, 0.05) is 31.7 Å². The normalized spacial score (nSPS) is 48.7. The molecule has 112 valence electrons. The molecule has 1 amide bonds. The highest BCUT2D eigenvalue weighted by molar-refractivity contribution is 5.78. The zero-order chi connectivity index (χ0) is 13.9. The van der Waals surface area contributed by atoms with Crippen LogP contribution in [0.25, 0.3) is 0 Å². The number of fused-ring (bicyclic) bond motifs is 6. The van der Waals surface area contributed by atoms with Crippen molar-refractivity contribution >= 4 is 5.91 Å². The SMILES string of the molecule is O=C1CC(O)CC2C3CC(CN12)C1CC(O)CCN1C3. The zero-order valence-electron chi connectivity index (χ0n) is 11.8. The minimum absolute atomic E-state index is 0.133. The number of rotatable bonds is 0. The Balaban J connectivity index is 1.57. The van der Waals surface area contributed by atoms with Crippen molar-refractivity contribution in [2.45, 2.75) is 56.4 Å². The van der Waals surface area contributed by atoms with Crippen LogP contribution in [0.1, 0.15) is 32.1 Å². The van der Waals surface area contributed by atoms with E-state index < -0.39 is 6.10 Å². The molecule has 4 aliphatic heterocycles. The fourth-order valence-electron chi connectivity index (χ4n) is 5.07. The number of amides is 1. The summed E-state index contributed by atoms with van der Waals surface area (Å²) < 4.78 is 0. The molecule has 6 unspecified atom stereocenters. The standard InChI is InChI=1S/C15H24N2O3/c18-11-1-2-16-7-9-3-10(13(16)4-11)8-17-14(9)5-12(19)6-15(17)20/h9-14,18-19H,1-8H2. The van der Waals surface area contributed by atoms with E-state index in [0.29, 0.717) is 24.3 Å². The molecule has 2 N–H and O–H groups in total. The molecule has 6 atom stereocenters. The lowest BCUT2D eigenvalue weighted by molar-refractivity contribution is -0.156. The summed E-state index contributed by atoms with van der Waals surface area (Å²) in [6, 6.07) is 0.700. The largest absolute Gasteiger partial charge is 0.393 e. The highest BCUT2D eigenvalue weighted by atomic mass is 16.3. The van der Waals surface area contributed by atoms with Gasteiger partial charge in [-0.2, -0.15) is 0 Å². The van der Waals surface area contributed by atoms with Gasteiger partial charge in [-0.3, -0.25) is 9.69 Å². The summed E-state index contributed by atoms with van der Waals surface area (Å²) in [6.45, 7) is 2.86.